The molecule has 1 aromatic heterocycles. The van der Waals surface area contributed by atoms with Gasteiger partial charge >= 0.3 is 0 Å². The fourth-order valence-corrected chi connectivity index (χ4v) is 5.68. The highest BCUT2D eigenvalue weighted by molar-refractivity contribution is 7.97. The molecule has 148 valence electrons. The second-order valence-corrected chi connectivity index (χ2v) is 9.58. The maximum absolute atomic E-state index is 13.3. The average molecular weight is 425 g/mol. The highest BCUT2D eigenvalue weighted by Crippen LogP contribution is 2.39. The van der Waals surface area contributed by atoms with Gasteiger partial charge in [-0.25, -0.2) is 8.42 Å². The summed E-state index contributed by atoms with van der Waals surface area (Å²) < 4.78 is 27.9. The van der Waals surface area contributed by atoms with Crippen LogP contribution in [0, 0.1) is 6.92 Å². The van der Waals surface area contributed by atoms with Gasteiger partial charge in [0.05, 0.1) is 12.2 Å². The number of sulfonamides is 1. The van der Waals surface area contributed by atoms with E-state index in [-0.39, 0.29) is 11.4 Å². The second-order valence-electron chi connectivity index (χ2n) is 6.84. The molecule has 0 amide bonds. The lowest BCUT2D eigenvalue weighted by molar-refractivity contribution is 0.104. The lowest BCUT2D eigenvalue weighted by Crippen LogP contribution is -2.38. The summed E-state index contributed by atoms with van der Waals surface area (Å²) in [5.74, 6) is -0.462. The van der Waals surface area contributed by atoms with Crippen molar-refractivity contribution in [3.63, 3.8) is 0 Å². The van der Waals surface area contributed by atoms with E-state index in [1.807, 2.05) is 61.5 Å². The van der Waals surface area contributed by atoms with Crippen LogP contribution in [-0.2, 0) is 23.1 Å². The van der Waals surface area contributed by atoms with Gasteiger partial charge in [-0.15, -0.1) is 11.3 Å². The largest absolute Gasteiger partial charge is 0.386 e. The van der Waals surface area contributed by atoms with Crippen molar-refractivity contribution in [3.05, 3.63) is 98.7 Å². The smallest absolute Gasteiger partial charge is 0.270 e. The topological polar surface area (TPSA) is 66.5 Å². The van der Waals surface area contributed by atoms with E-state index >= 15 is 0 Å². The third-order valence-corrected chi connectivity index (χ3v) is 7.41. The van der Waals surface area contributed by atoms with E-state index in [4.69, 9.17) is 0 Å². The maximum atomic E-state index is 13.3. The summed E-state index contributed by atoms with van der Waals surface area (Å²) in [7, 11) is -3.97. The first kappa shape index (κ1) is 19.4. The van der Waals surface area contributed by atoms with Crippen LogP contribution in [0.3, 0.4) is 0 Å². The van der Waals surface area contributed by atoms with E-state index in [1.54, 1.807) is 11.4 Å². The summed E-state index contributed by atoms with van der Waals surface area (Å²) >= 11 is 1.26. The number of thiophene rings is 1. The van der Waals surface area contributed by atoms with Crippen molar-refractivity contribution in [2.75, 3.05) is 4.31 Å². The van der Waals surface area contributed by atoms with Gasteiger partial charge in [0.2, 0.25) is 5.78 Å². The van der Waals surface area contributed by atoms with Crippen molar-refractivity contribution in [3.8, 4) is 0 Å². The van der Waals surface area contributed by atoms with Gasteiger partial charge in [-0.2, -0.15) is 0 Å². The molecule has 0 bridgehead atoms. The van der Waals surface area contributed by atoms with Crippen LogP contribution in [-0.4, -0.2) is 14.2 Å². The predicted molar refractivity (Wildman–Crippen MR) is 116 cm³/mol. The van der Waals surface area contributed by atoms with Gasteiger partial charge < -0.3 is 5.32 Å². The normalized spacial score (nSPS) is 16.7. The summed E-state index contributed by atoms with van der Waals surface area (Å²) in [4.78, 5) is 13.1. The molecule has 0 unspecified atom stereocenters. The van der Waals surface area contributed by atoms with Crippen LogP contribution >= 0.6 is 11.3 Å². The zero-order valence-corrected chi connectivity index (χ0v) is 17.5. The van der Waals surface area contributed by atoms with Gasteiger partial charge in [-0.1, -0.05) is 60.2 Å². The Morgan fingerprint density at radius 1 is 1.00 bits per heavy atom. The number of Topliss-reactive ketones (excluding diaryl/α,β-unsaturated/α-hetero) is 1. The van der Waals surface area contributed by atoms with Crippen LogP contribution in [0.4, 0.5) is 5.69 Å². The number of carbonyl (C=O) groups is 1. The van der Waals surface area contributed by atoms with Crippen LogP contribution in [0.25, 0.3) is 0 Å². The third-order valence-electron chi connectivity index (χ3n) is 4.74. The molecule has 7 heteroatoms. The van der Waals surface area contributed by atoms with E-state index in [0.717, 1.165) is 16.7 Å². The number of rotatable bonds is 5. The Bertz CT molecular complexity index is 1160. The molecule has 0 radical (unpaired) electrons. The Labute approximate surface area is 174 Å². The van der Waals surface area contributed by atoms with Crippen molar-refractivity contribution in [1.29, 1.82) is 0 Å². The quantitative estimate of drug-likeness (QED) is 0.623. The molecule has 1 N–H and O–H groups in total. The van der Waals surface area contributed by atoms with E-state index in [9.17, 15) is 13.2 Å². The zero-order chi connectivity index (χ0) is 20.4. The number of nitrogens with zero attached hydrogens (tertiary/aromatic N) is 1. The van der Waals surface area contributed by atoms with Crippen molar-refractivity contribution >= 4 is 32.8 Å². The molecule has 0 aliphatic carbocycles. The maximum Gasteiger partial charge on any atom is 0.270 e. The predicted octanol–water partition coefficient (Wildman–Crippen LogP) is 4.22. The van der Waals surface area contributed by atoms with Crippen molar-refractivity contribution in [2.45, 2.75) is 20.0 Å². The average Bonchev–Trinajstić information content (AvgIpc) is 3.20. The number of hydrogen-bond donors (Lipinski definition) is 1. The SMILES string of the molecule is Cc1ccc(CN2c3ccsc3C(=O)C(=CNCc3ccccc3)S2(=O)=O)cc1. The zero-order valence-electron chi connectivity index (χ0n) is 15.8. The molecule has 0 saturated carbocycles. The molecule has 0 fully saturated rings. The molecule has 1 aliphatic rings. The Hall–Kier alpha value is -2.90. The minimum absolute atomic E-state index is 0.176. The number of ketones is 1. The number of nitrogens with one attached hydrogen (secondary N) is 1. The molecule has 0 saturated heterocycles. The Morgan fingerprint density at radius 2 is 1.72 bits per heavy atom. The Kier molecular flexibility index (Phi) is 5.25. The summed E-state index contributed by atoms with van der Waals surface area (Å²) in [6.07, 6.45) is 1.33. The number of anilines is 1. The third kappa shape index (κ3) is 3.83. The minimum Gasteiger partial charge on any atom is -0.386 e. The molecular formula is C22H20N2O3S2. The van der Waals surface area contributed by atoms with Gasteiger partial charge in [0, 0.05) is 12.7 Å². The Morgan fingerprint density at radius 3 is 2.45 bits per heavy atom. The highest BCUT2D eigenvalue weighted by atomic mass is 32.2. The summed E-state index contributed by atoms with van der Waals surface area (Å²) in [6, 6.07) is 19.0. The first-order valence-corrected chi connectivity index (χ1v) is 11.5. The molecule has 29 heavy (non-hydrogen) atoms. The van der Waals surface area contributed by atoms with Gasteiger partial charge in [-0.05, 0) is 29.5 Å². The molecule has 5 nitrogen and oxygen atoms in total. The molecule has 1 aliphatic heterocycles. The number of aryl methyl sites for hydroxylation is 1. The Balaban J connectivity index is 1.67. The van der Waals surface area contributed by atoms with Crippen LogP contribution in [0.2, 0.25) is 0 Å². The summed E-state index contributed by atoms with van der Waals surface area (Å²) in [5, 5.41) is 4.74. The van der Waals surface area contributed by atoms with E-state index in [1.165, 1.54) is 21.8 Å². The van der Waals surface area contributed by atoms with Gasteiger partial charge in [0.1, 0.15) is 4.88 Å². The number of fused-ring (bicyclic) bond motifs is 1. The van der Waals surface area contributed by atoms with Gasteiger partial charge in [0.25, 0.3) is 10.0 Å². The molecule has 4 rings (SSSR count). The van der Waals surface area contributed by atoms with E-state index < -0.39 is 15.8 Å². The van der Waals surface area contributed by atoms with Crippen LogP contribution in [0.1, 0.15) is 26.4 Å². The lowest BCUT2D eigenvalue weighted by atomic mass is 10.1. The number of carbonyl (C=O) groups excluding carboxylic acids is 1. The monoisotopic (exact) mass is 424 g/mol. The summed E-state index contributed by atoms with van der Waals surface area (Å²) in [5.41, 5.74) is 3.41. The molecule has 0 atom stereocenters. The molecule has 2 aromatic carbocycles. The molecule has 0 spiro atoms. The van der Waals surface area contributed by atoms with E-state index in [0.29, 0.717) is 17.1 Å². The van der Waals surface area contributed by atoms with Crippen LogP contribution < -0.4 is 9.62 Å². The van der Waals surface area contributed by atoms with Gasteiger partial charge in [0.15, 0.2) is 4.91 Å². The number of allylic oxidation sites excluding steroid dienone is 1. The second kappa shape index (κ2) is 7.85. The first-order chi connectivity index (χ1) is 14.0. The van der Waals surface area contributed by atoms with Crippen molar-refractivity contribution in [1.82, 2.24) is 5.32 Å². The first-order valence-electron chi connectivity index (χ1n) is 9.15. The molecule has 3 aromatic rings. The molecular weight excluding hydrogens is 404 g/mol. The lowest BCUT2D eigenvalue weighted by Gasteiger charge is -2.29. The van der Waals surface area contributed by atoms with E-state index in [2.05, 4.69) is 5.32 Å². The van der Waals surface area contributed by atoms with Crippen molar-refractivity contribution < 1.29 is 13.2 Å². The summed E-state index contributed by atoms with van der Waals surface area (Å²) in [6.45, 7) is 2.59. The van der Waals surface area contributed by atoms with Gasteiger partial charge in [-0.3, -0.25) is 9.10 Å². The fourth-order valence-electron chi connectivity index (χ4n) is 3.17. The fraction of sp³-hybridized carbons (Fsp3) is 0.136. The molecule has 2 heterocycles. The van der Waals surface area contributed by atoms with Crippen molar-refractivity contribution in [2.24, 2.45) is 0 Å². The minimum atomic E-state index is -3.97. The number of benzene rings is 2. The highest BCUT2D eigenvalue weighted by Gasteiger charge is 2.41. The van der Waals surface area contributed by atoms with Crippen LogP contribution in [0.15, 0.2) is 77.1 Å². The van der Waals surface area contributed by atoms with Crippen LogP contribution in [0.5, 0.6) is 0 Å². The number of hydrogen-bond acceptors (Lipinski definition) is 5. The standard InChI is InChI=1S/C22H20N2O3S2/c1-16-7-9-18(10-8-16)15-24-19-11-12-28-22(19)21(25)20(29(24,26)27)14-23-13-17-5-3-2-4-6-17/h2-12,14,23H,13,15H2,1H3.